The normalized spacial score (nSPS) is 11.7. The minimum Gasteiger partial charge on any atom is -0.396 e. The number of aliphatic hydroxyl groups is 1. The summed E-state index contributed by atoms with van der Waals surface area (Å²) in [7, 11) is -3.47. The highest BCUT2D eigenvalue weighted by molar-refractivity contribution is 7.99. The number of rotatable bonds is 8. The summed E-state index contributed by atoms with van der Waals surface area (Å²) in [6.45, 7) is 0.534. The molecular formula is C11H16ClNO3S2. The Morgan fingerprint density at radius 2 is 2.11 bits per heavy atom. The summed E-state index contributed by atoms with van der Waals surface area (Å²) in [5.41, 5.74) is 0. The summed E-state index contributed by atoms with van der Waals surface area (Å²) >= 11 is 7.35. The first-order chi connectivity index (χ1) is 8.56. The lowest BCUT2D eigenvalue weighted by Crippen LogP contribution is -2.26. The molecule has 0 spiro atoms. The Hall–Kier alpha value is -0.270. The van der Waals surface area contributed by atoms with Crippen LogP contribution in [-0.2, 0) is 10.0 Å². The first-order valence-electron chi connectivity index (χ1n) is 5.50. The van der Waals surface area contributed by atoms with Gasteiger partial charge < -0.3 is 5.11 Å². The molecule has 18 heavy (non-hydrogen) atoms. The van der Waals surface area contributed by atoms with Crippen LogP contribution in [0.3, 0.4) is 0 Å². The van der Waals surface area contributed by atoms with Crippen LogP contribution in [0.1, 0.15) is 6.42 Å². The molecule has 0 unspecified atom stereocenters. The third-order valence-electron chi connectivity index (χ3n) is 2.09. The number of thioether (sulfide) groups is 1. The van der Waals surface area contributed by atoms with E-state index in [2.05, 4.69) is 4.72 Å². The molecule has 0 aliphatic carbocycles. The zero-order valence-corrected chi connectivity index (χ0v) is 12.2. The fraction of sp³-hybridized carbons (Fsp3) is 0.455. The van der Waals surface area contributed by atoms with Crippen molar-refractivity contribution in [2.75, 3.05) is 24.7 Å². The van der Waals surface area contributed by atoms with Crippen molar-refractivity contribution in [2.24, 2.45) is 0 Å². The summed E-state index contributed by atoms with van der Waals surface area (Å²) in [5.74, 6) is 1.51. The van der Waals surface area contributed by atoms with E-state index in [1.54, 1.807) is 23.9 Å². The Morgan fingerprint density at radius 1 is 1.33 bits per heavy atom. The quantitative estimate of drug-likeness (QED) is 0.718. The van der Waals surface area contributed by atoms with Gasteiger partial charge in [-0.25, -0.2) is 13.1 Å². The number of hydrogen-bond donors (Lipinski definition) is 2. The van der Waals surface area contributed by atoms with Crippen molar-refractivity contribution >= 4 is 33.4 Å². The summed E-state index contributed by atoms with van der Waals surface area (Å²) in [6.07, 6.45) is 0.728. The molecule has 1 aromatic carbocycles. The minimum absolute atomic E-state index is 0.168. The third-order valence-corrected chi connectivity index (χ3v) is 4.86. The molecule has 0 radical (unpaired) electrons. The fourth-order valence-electron chi connectivity index (χ4n) is 1.23. The van der Waals surface area contributed by atoms with Crippen LogP contribution in [-0.4, -0.2) is 38.2 Å². The molecule has 0 aliphatic heterocycles. The Labute approximate surface area is 117 Å². The molecule has 0 saturated heterocycles. The van der Waals surface area contributed by atoms with E-state index >= 15 is 0 Å². The van der Waals surface area contributed by atoms with Gasteiger partial charge in [-0.1, -0.05) is 17.7 Å². The van der Waals surface area contributed by atoms with Gasteiger partial charge in [-0.2, -0.15) is 11.8 Å². The molecule has 7 heteroatoms. The number of hydrogen-bond acceptors (Lipinski definition) is 4. The van der Waals surface area contributed by atoms with Crippen LogP contribution in [0.25, 0.3) is 0 Å². The average molecular weight is 310 g/mol. The molecule has 0 heterocycles. The monoisotopic (exact) mass is 309 g/mol. The molecule has 2 N–H and O–H groups in total. The Kier molecular flexibility index (Phi) is 7.03. The molecule has 0 aromatic heterocycles. The molecule has 0 fully saturated rings. The van der Waals surface area contributed by atoms with Gasteiger partial charge in [0.05, 0.1) is 4.90 Å². The SMILES string of the molecule is O=S(=O)(NCCSCCCO)c1cccc(Cl)c1. The molecule has 0 amide bonds. The first kappa shape index (κ1) is 15.8. The van der Waals surface area contributed by atoms with Gasteiger partial charge in [0.1, 0.15) is 0 Å². The van der Waals surface area contributed by atoms with E-state index < -0.39 is 10.0 Å². The smallest absolute Gasteiger partial charge is 0.240 e. The Morgan fingerprint density at radius 3 is 2.78 bits per heavy atom. The molecule has 102 valence electrons. The van der Waals surface area contributed by atoms with Crippen molar-refractivity contribution in [1.29, 1.82) is 0 Å². The van der Waals surface area contributed by atoms with Crippen LogP contribution in [0.2, 0.25) is 5.02 Å². The standard InChI is InChI=1S/C11H16ClNO3S2/c12-10-3-1-4-11(9-10)18(15,16)13-5-8-17-7-2-6-14/h1,3-4,9,13-14H,2,5-8H2. The molecule has 4 nitrogen and oxygen atoms in total. The Bertz CT molecular complexity index is 465. The van der Waals surface area contributed by atoms with Crippen molar-refractivity contribution in [2.45, 2.75) is 11.3 Å². The highest BCUT2D eigenvalue weighted by atomic mass is 35.5. The number of halogens is 1. The molecule has 1 aromatic rings. The van der Waals surface area contributed by atoms with Crippen LogP contribution in [0, 0.1) is 0 Å². The van der Waals surface area contributed by atoms with Crippen molar-refractivity contribution in [3.8, 4) is 0 Å². The summed E-state index contributed by atoms with van der Waals surface area (Å²) < 4.78 is 26.2. The van der Waals surface area contributed by atoms with Gasteiger partial charge in [0.2, 0.25) is 10.0 Å². The predicted molar refractivity (Wildman–Crippen MR) is 75.7 cm³/mol. The third kappa shape index (κ3) is 5.58. The van der Waals surface area contributed by atoms with E-state index in [4.69, 9.17) is 16.7 Å². The van der Waals surface area contributed by atoms with Gasteiger partial charge in [-0.15, -0.1) is 0 Å². The second-order valence-corrected chi connectivity index (χ2v) is 6.97. The van der Waals surface area contributed by atoms with E-state index in [0.29, 0.717) is 17.3 Å². The molecule has 0 atom stereocenters. The molecule has 0 bridgehead atoms. The van der Waals surface area contributed by atoms with Crippen molar-refractivity contribution in [3.05, 3.63) is 29.3 Å². The highest BCUT2D eigenvalue weighted by Gasteiger charge is 2.12. The second-order valence-electron chi connectivity index (χ2n) is 3.54. The largest absolute Gasteiger partial charge is 0.396 e. The topological polar surface area (TPSA) is 66.4 Å². The summed E-state index contributed by atoms with van der Waals surface area (Å²) in [6, 6.07) is 6.16. The van der Waals surface area contributed by atoms with Gasteiger partial charge in [-0.3, -0.25) is 0 Å². The second kappa shape index (κ2) is 8.01. The lowest BCUT2D eigenvalue weighted by atomic mass is 10.4. The maximum atomic E-state index is 11.9. The van der Waals surface area contributed by atoms with E-state index in [1.165, 1.54) is 12.1 Å². The number of nitrogens with one attached hydrogen (secondary N) is 1. The van der Waals surface area contributed by atoms with E-state index in [1.807, 2.05) is 0 Å². The highest BCUT2D eigenvalue weighted by Crippen LogP contribution is 2.15. The van der Waals surface area contributed by atoms with Crippen molar-refractivity contribution in [3.63, 3.8) is 0 Å². The maximum Gasteiger partial charge on any atom is 0.240 e. The van der Waals surface area contributed by atoms with Gasteiger partial charge in [0.15, 0.2) is 0 Å². The number of benzene rings is 1. The minimum atomic E-state index is -3.47. The van der Waals surface area contributed by atoms with Gasteiger partial charge in [0.25, 0.3) is 0 Å². The zero-order valence-electron chi connectivity index (χ0n) is 9.80. The molecule has 0 saturated carbocycles. The van der Waals surface area contributed by atoms with E-state index in [9.17, 15) is 8.42 Å². The predicted octanol–water partition coefficient (Wildman–Crippen LogP) is 1.73. The van der Waals surface area contributed by atoms with Gasteiger partial charge in [0, 0.05) is 23.9 Å². The first-order valence-corrected chi connectivity index (χ1v) is 8.51. The zero-order chi connectivity index (χ0) is 13.4. The van der Waals surface area contributed by atoms with Crippen molar-refractivity contribution in [1.82, 2.24) is 4.72 Å². The lowest BCUT2D eigenvalue weighted by molar-refractivity contribution is 0.296. The molecule has 1 rings (SSSR count). The molecule has 0 aliphatic rings. The van der Waals surface area contributed by atoms with Crippen LogP contribution in [0.15, 0.2) is 29.2 Å². The van der Waals surface area contributed by atoms with E-state index in [-0.39, 0.29) is 11.5 Å². The lowest BCUT2D eigenvalue weighted by Gasteiger charge is -2.06. The van der Waals surface area contributed by atoms with Crippen LogP contribution in [0.5, 0.6) is 0 Å². The molecular weight excluding hydrogens is 294 g/mol. The average Bonchev–Trinajstić information content (AvgIpc) is 2.33. The number of sulfonamides is 1. The van der Waals surface area contributed by atoms with Gasteiger partial charge in [-0.05, 0) is 30.4 Å². The van der Waals surface area contributed by atoms with Crippen LogP contribution >= 0.6 is 23.4 Å². The summed E-state index contributed by atoms with van der Waals surface area (Å²) in [5, 5.41) is 8.99. The van der Waals surface area contributed by atoms with Crippen LogP contribution in [0.4, 0.5) is 0 Å². The van der Waals surface area contributed by atoms with Crippen LogP contribution < -0.4 is 4.72 Å². The number of aliphatic hydroxyl groups excluding tert-OH is 1. The van der Waals surface area contributed by atoms with Crippen molar-refractivity contribution < 1.29 is 13.5 Å². The Balaban J connectivity index is 2.41. The van der Waals surface area contributed by atoms with Gasteiger partial charge >= 0.3 is 0 Å². The summed E-state index contributed by atoms with van der Waals surface area (Å²) in [4.78, 5) is 0.176. The van der Waals surface area contributed by atoms with E-state index in [0.717, 1.165) is 12.2 Å². The maximum absolute atomic E-state index is 11.9. The fourth-order valence-corrected chi connectivity index (χ4v) is 3.48.